The minimum Gasteiger partial charge on any atom is -0.490 e. The Bertz CT molecular complexity index is 346. The molecule has 0 amide bonds. The fourth-order valence-corrected chi connectivity index (χ4v) is 1.67. The minimum atomic E-state index is 0.0838. The molecule has 5 heteroatoms. The molecule has 0 radical (unpaired) electrons. The van der Waals surface area contributed by atoms with E-state index in [1.807, 2.05) is 31.2 Å². The van der Waals surface area contributed by atoms with Crippen molar-refractivity contribution in [1.29, 1.82) is 0 Å². The highest BCUT2D eigenvalue weighted by Crippen LogP contribution is 2.25. The summed E-state index contributed by atoms with van der Waals surface area (Å²) >= 11 is 0. The second kappa shape index (κ2) is 11.5. The van der Waals surface area contributed by atoms with E-state index < -0.39 is 0 Å². The maximum absolute atomic E-state index is 8.54. The van der Waals surface area contributed by atoms with Gasteiger partial charge >= 0.3 is 0 Å². The summed E-state index contributed by atoms with van der Waals surface area (Å²) in [5.74, 6) is 1.56. The summed E-state index contributed by atoms with van der Waals surface area (Å²) in [5, 5.41) is 11.8. The number of para-hydroxylation sites is 2. The van der Waals surface area contributed by atoms with Gasteiger partial charge in [0.05, 0.1) is 19.8 Å². The van der Waals surface area contributed by atoms with Crippen LogP contribution in [-0.4, -0.2) is 51.2 Å². The van der Waals surface area contributed by atoms with Crippen LogP contribution in [0.5, 0.6) is 11.5 Å². The van der Waals surface area contributed by atoms with E-state index in [-0.39, 0.29) is 6.61 Å². The molecule has 0 aliphatic heterocycles. The first-order valence-electron chi connectivity index (χ1n) is 7.12. The second-order valence-electron chi connectivity index (χ2n) is 4.17. The van der Waals surface area contributed by atoms with Crippen LogP contribution in [0.25, 0.3) is 0 Å². The van der Waals surface area contributed by atoms with Crippen molar-refractivity contribution in [2.24, 2.45) is 0 Å². The molecule has 2 N–H and O–H groups in total. The highest BCUT2D eigenvalue weighted by molar-refractivity contribution is 5.39. The molecule has 0 aliphatic carbocycles. The zero-order valence-corrected chi connectivity index (χ0v) is 12.1. The predicted octanol–water partition coefficient (Wildman–Crippen LogP) is 1.45. The minimum absolute atomic E-state index is 0.0838. The van der Waals surface area contributed by atoms with Crippen molar-refractivity contribution < 1.29 is 19.3 Å². The molecule has 1 aromatic carbocycles. The Morgan fingerprint density at radius 3 is 2.45 bits per heavy atom. The number of aliphatic hydroxyl groups excluding tert-OH is 1. The lowest BCUT2D eigenvalue weighted by molar-refractivity contribution is 0.0906. The molecule has 0 aromatic heterocycles. The highest BCUT2D eigenvalue weighted by Gasteiger charge is 2.02. The summed E-state index contributed by atoms with van der Waals surface area (Å²) in [7, 11) is 0. The van der Waals surface area contributed by atoms with Crippen molar-refractivity contribution in [2.75, 3.05) is 46.1 Å². The monoisotopic (exact) mass is 283 g/mol. The van der Waals surface area contributed by atoms with Gasteiger partial charge in [0.15, 0.2) is 11.5 Å². The molecule has 0 saturated carbocycles. The van der Waals surface area contributed by atoms with Crippen molar-refractivity contribution in [1.82, 2.24) is 5.32 Å². The molecule has 0 bridgehead atoms. The van der Waals surface area contributed by atoms with Crippen LogP contribution < -0.4 is 14.8 Å². The summed E-state index contributed by atoms with van der Waals surface area (Å²) in [5.41, 5.74) is 0. The number of benzene rings is 1. The van der Waals surface area contributed by atoms with E-state index in [4.69, 9.17) is 19.3 Å². The fourth-order valence-electron chi connectivity index (χ4n) is 1.67. The topological polar surface area (TPSA) is 60.0 Å². The average molecular weight is 283 g/mol. The van der Waals surface area contributed by atoms with Crippen molar-refractivity contribution in [3.8, 4) is 11.5 Å². The summed E-state index contributed by atoms with van der Waals surface area (Å²) in [6, 6.07) is 7.69. The van der Waals surface area contributed by atoms with Crippen LogP contribution in [0.3, 0.4) is 0 Å². The van der Waals surface area contributed by atoms with Gasteiger partial charge in [-0.3, -0.25) is 0 Å². The molecular formula is C15H25NO4. The molecule has 1 aromatic rings. The summed E-state index contributed by atoms with van der Waals surface area (Å²) in [6.45, 7) is 6.01. The lowest BCUT2D eigenvalue weighted by Gasteiger charge is -2.11. The Labute approximate surface area is 120 Å². The van der Waals surface area contributed by atoms with Crippen LogP contribution in [0.15, 0.2) is 24.3 Å². The van der Waals surface area contributed by atoms with Gasteiger partial charge in [0, 0.05) is 13.2 Å². The van der Waals surface area contributed by atoms with Gasteiger partial charge in [-0.05, 0) is 32.0 Å². The molecular weight excluding hydrogens is 258 g/mol. The van der Waals surface area contributed by atoms with E-state index in [0.717, 1.165) is 31.0 Å². The maximum Gasteiger partial charge on any atom is 0.161 e. The van der Waals surface area contributed by atoms with Crippen LogP contribution >= 0.6 is 0 Å². The third-order valence-corrected chi connectivity index (χ3v) is 2.56. The maximum atomic E-state index is 8.54. The Hall–Kier alpha value is -1.30. The molecule has 114 valence electrons. The van der Waals surface area contributed by atoms with Crippen molar-refractivity contribution in [3.05, 3.63) is 24.3 Å². The molecule has 0 fully saturated rings. The summed E-state index contributed by atoms with van der Waals surface area (Å²) in [4.78, 5) is 0. The molecule has 5 nitrogen and oxygen atoms in total. The van der Waals surface area contributed by atoms with Gasteiger partial charge in [-0.25, -0.2) is 0 Å². The van der Waals surface area contributed by atoms with E-state index in [1.165, 1.54) is 0 Å². The summed E-state index contributed by atoms with van der Waals surface area (Å²) in [6.07, 6.45) is 0.926. The summed E-state index contributed by atoms with van der Waals surface area (Å²) < 4.78 is 16.3. The SMILES string of the molecule is CCOc1ccccc1OCCNCCCOCCO. The number of aliphatic hydroxyl groups is 1. The third-order valence-electron chi connectivity index (χ3n) is 2.56. The number of hydrogen-bond donors (Lipinski definition) is 2. The Morgan fingerprint density at radius 2 is 1.75 bits per heavy atom. The van der Waals surface area contributed by atoms with Gasteiger partial charge in [0.25, 0.3) is 0 Å². The molecule has 0 spiro atoms. The van der Waals surface area contributed by atoms with Crippen molar-refractivity contribution in [2.45, 2.75) is 13.3 Å². The molecule has 1 rings (SSSR count). The van der Waals surface area contributed by atoms with Crippen LogP contribution in [0.2, 0.25) is 0 Å². The lowest BCUT2D eigenvalue weighted by Crippen LogP contribution is -2.23. The predicted molar refractivity (Wildman–Crippen MR) is 78.5 cm³/mol. The fraction of sp³-hybridized carbons (Fsp3) is 0.600. The largest absolute Gasteiger partial charge is 0.490 e. The van der Waals surface area contributed by atoms with Crippen molar-refractivity contribution in [3.63, 3.8) is 0 Å². The van der Waals surface area contributed by atoms with E-state index >= 15 is 0 Å². The normalized spacial score (nSPS) is 10.5. The van der Waals surface area contributed by atoms with Gasteiger partial charge in [-0.2, -0.15) is 0 Å². The number of nitrogens with one attached hydrogen (secondary N) is 1. The molecule has 20 heavy (non-hydrogen) atoms. The molecule has 0 atom stereocenters. The van der Waals surface area contributed by atoms with E-state index in [0.29, 0.717) is 26.4 Å². The van der Waals surface area contributed by atoms with E-state index in [2.05, 4.69) is 5.32 Å². The van der Waals surface area contributed by atoms with Gasteiger partial charge in [0.2, 0.25) is 0 Å². The zero-order valence-electron chi connectivity index (χ0n) is 12.1. The van der Waals surface area contributed by atoms with Gasteiger partial charge in [0.1, 0.15) is 6.61 Å². The number of ether oxygens (including phenoxy) is 3. The van der Waals surface area contributed by atoms with Crippen LogP contribution in [0, 0.1) is 0 Å². The van der Waals surface area contributed by atoms with E-state index in [9.17, 15) is 0 Å². The van der Waals surface area contributed by atoms with E-state index in [1.54, 1.807) is 0 Å². The third kappa shape index (κ3) is 7.33. The second-order valence-corrected chi connectivity index (χ2v) is 4.17. The Morgan fingerprint density at radius 1 is 1.00 bits per heavy atom. The van der Waals surface area contributed by atoms with Crippen LogP contribution in [0.4, 0.5) is 0 Å². The van der Waals surface area contributed by atoms with Crippen LogP contribution in [0.1, 0.15) is 13.3 Å². The molecule has 0 heterocycles. The molecule has 0 aliphatic rings. The molecule has 0 unspecified atom stereocenters. The molecule has 0 saturated heterocycles. The smallest absolute Gasteiger partial charge is 0.161 e. The first-order valence-corrected chi connectivity index (χ1v) is 7.12. The first-order chi connectivity index (χ1) is 9.88. The first kappa shape index (κ1) is 16.8. The number of hydrogen-bond acceptors (Lipinski definition) is 5. The Kier molecular flexibility index (Phi) is 9.65. The average Bonchev–Trinajstić information content (AvgIpc) is 2.47. The number of rotatable bonds is 12. The zero-order chi connectivity index (χ0) is 14.5. The van der Waals surface area contributed by atoms with Crippen molar-refractivity contribution >= 4 is 0 Å². The Balaban J connectivity index is 2.06. The van der Waals surface area contributed by atoms with Gasteiger partial charge in [-0.1, -0.05) is 12.1 Å². The lowest BCUT2D eigenvalue weighted by atomic mass is 10.3. The quantitative estimate of drug-likeness (QED) is 0.569. The highest BCUT2D eigenvalue weighted by atomic mass is 16.5. The van der Waals surface area contributed by atoms with Gasteiger partial charge < -0.3 is 24.6 Å². The standard InChI is InChI=1S/C15H25NO4/c1-2-19-14-6-3-4-7-15(14)20-12-9-16-8-5-11-18-13-10-17/h3-4,6-7,16-17H,2,5,8-13H2,1H3. The van der Waals surface area contributed by atoms with Gasteiger partial charge in [-0.15, -0.1) is 0 Å². The van der Waals surface area contributed by atoms with Crippen LogP contribution in [-0.2, 0) is 4.74 Å².